The first-order valence-electron chi connectivity index (χ1n) is 6.47. The first-order chi connectivity index (χ1) is 9.57. The minimum Gasteiger partial charge on any atom is -0.249 e. The maximum atomic E-state index is 12.8. The molecule has 0 bridgehead atoms. The van der Waals surface area contributed by atoms with Gasteiger partial charge in [-0.1, -0.05) is 20.8 Å². The van der Waals surface area contributed by atoms with Gasteiger partial charge >= 0.3 is 6.18 Å². The highest BCUT2D eigenvalue weighted by Crippen LogP contribution is 2.31. The molecule has 6 heteroatoms. The molecule has 0 saturated carbocycles. The zero-order chi connectivity index (χ0) is 15.8. The number of alkyl halides is 3. The zero-order valence-corrected chi connectivity index (χ0v) is 12.3. The summed E-state index contributed by atoms with van der Waals surface area (Å²) in [5.41, 5.74) is 0.246. The smallest absolute Gasteiger partial charge is 0.249 e. The summed E-state index contributed by atoms with van der Waals surface area (Å²) in [6.45, 7) is 7.47. The van der Waals surface area contributed by atoms with Crippen LogP contribution in [-0.4, -0.2) is 15.0 Å². The molecular weight excluding hydrogens is 279 g/mol. The standard InChI is InChI=1S/C15H16F3N3/c1-9-7-10(8-12(20-9)15(16,17)18)13-19-6-5-11(21-13)14(2,3)4/h5-8H,1-4H3. The zero-order valence-electron chi connectivity index (χ0n) is 12.3. The predicted octanol–water partition coefficient (Wildman–Crippen LogP) is 4.16. The molecule has 0 fully saturated rings. The first-order valence-corrected chi connectivity index (χ1v) is 6.47. The molecule has 2 aromatic heterocycles. The highest BCUT2D eigenvalue weighted by Gasteiger charge is 2.33. The molecule has 0 N–H and O–H groups in total. The van der Waals surface area contributed by atoms with Gasteiger partial charge in [0.2, 0.25) is 0 Å². The third kappa shape index (κ3) is 3.56. The van der Waals surface area contributed by atoms with Gasteiger partial charge in [0.05, 0.1) is 0 Å². The number of aryl methyl sites for hydroxylation is 1. The van der Waals surface area contributed by atoms with Crippen LogP contribution < -0.4 is 0 Å². The Balaban J connectivity index is 2.55. The molecule has 0 unspecified atom stereocenters. The van der Waals surface area contributed by atoms with Crippen molar-refractivity contribution in [1.29, 1.82) is 0 Å². The second kappa shape index (κ2) is 5.09. The fraction of sp³-hybridized carbons (Fsp3) is 0.400. The summed E-state index contributed by atoms with van der Waals surface area (Å²) in [7, 11) is 0. The summed E-state index contributed by atoms with van der Waals surface area (Å²) >= 11 is 0. The predicted molar refractivity (Wildman–Crippen MR) is 73.7 cm³/mol. The monoisotopic (exact) mass is 295 g/mol. The highest BCUT2D eigenvalue weighted by atomic mass is 19.4. The Hall–Kier alpha value is -1.98. The number of halogens is 3. The lowest BCUT2D eigenvalue weighted by Gasteiger charge is -2.18. The second-order valence-corrected chi connectivity index (χ2v) is 5.90. The van der Waals surface area contributed by atoms with E-state index in [4.69, 9.17) is 0 Å². The number of aromatic nitrogens is 3. The third-order valence-corrected chi connectivity index (χ3v) is 2.93. The van der Waals surface area contributed by atoms with Crippen LogP contribution in [0.15, 0.2) is 24.4 Å². The quantitative estimate of drug-likeness (QED) is 0.792. The van der Waals surface area contributed by atoms with Crippen molar-refractivity contribution in [2.75, 3.05) is 0 Å². The highest BCUT2D eigenvalue weighted by molar-refractivity contribution is 5.56. The molecule has 2 heterocycles. The van der Waals surface area contributed by atoms with E-state index in [0.29, 0.717) is 5.56 Å². The second-order valence-electron chi connectivity index (χ2n) is 5.90. The largest absolute Gasteiger partial charge is 0.433 e. The van der Waals surface area contributed by atoms with Gasteiger partial charge in [-0.25, -0.2) is 15.0 Å². The van der Waals surface area contributed by atoms with Crippen molar-refractivity contribution in [3.63, 3.8) is 0 Å². The SMILES string of the molecule is Cc1cc(-c2nccc(C(C)(C)C)n2)cc(C(F)(F)F)n1. The van der Waals surface area contributed by atoms with Crippen molar-refractivity contribution < 1.29 is 13.2 Å². The van der Waals surface area contributed by atoms with E-state index in [1.54, 1.807) is 18.3 Å². The Morgan fingerprint density at radius 3 is 2.19 bits per heavy atom. The van der Waals surface area contributed by atoms with Crippen LogP contribution in [0, 0.1) is 6.92 Å². The fourth-order valence-corrected chi connectivity index (χ4v) is 1.86. The van der Waals surface area contributed by atoms with Gasteiger partial charge in [0.1, 0.15) is 5.69 Å². The van der Waals surface area contributed by atoms with Crippen LogP contribution in [0.3, 0.4) is 0 Å². The maximum Gasteiger partial charge on any atom is 0.433 e. The third-order valence-electron chi connectivity index (χ3n) is 2.93. The topological polar surface area (TPSA) is 38.7 Å². The minimum atomic E-state index is -4.48. The lowest BCUT2D eigenvalue weighted by molar-refractivity contribution is -0.141. The van der Waals surface area contributed by atoms with Gasteiger partial charge in [0.15, 0.2) is 5.82 Å². The number of hydrogen-bond acceptors (Lipinski definition) is 3. The van der Waals surface area contributed by atoms with Crippen molar-refractivity contribution in [2.45, 2.75) is 39.3 Å². The molecule has 21 heavy (non-hydrogen) atoms. The van der Waals surface area contributed by atoms with Crippen LogP contribution in [0.1, 0.15) is 37.9 Å². The molecule has 0 spiro atoms. The van der Waals surface area contributed by atoms with Crippen LogP contribution in [0.5, 0.6) is 0 Å². The van der Waals surface area contributed by atoms with Crippen molar-refractivity contribution in [2.24, 2.45) is 0 Å². The van der Waals surface area contributed by atoms with Crippen LogP contribution in [-0.2, 0) is 11.6 Å². The molecule has 0 atom stereocenters. The Morgan fingerprint density at radius 1 is 0.952 bits per heavy atom. The average Bonchev–Trinajstić information content (AvgIpc) is 2.36. The minimum absolute atomic E-state index is 0.202. The molecule has 0 amide bonds. The van der Waals surface area contributed by atoms with Crippen LogP contribution in [0.2, 0.25) is 0 Å². The van der Waals surface area contributed by atoms with E-state index in [-0.39, 0.29) is 16.9 Å². The number of pyridine rings is 1. The summed E-state index contributed by atoms with van der Waals surface area (Å²) in [5.74, 6) is 0.276. The number of hydrogen-bond donors (Lipinski definition) is 0. The Labute approximate surface area is 121 Å². The lowest BCUT2D eigenvalue weighted by Crippen LogP contribution is -2.14. The molecule has 112 valence electrons. The number of rotatable bonds is 1. The molecule has 2 aromatic rings. The maximum absolute atomic E-state index is 12.8. The van der Waals surface area contributed by atoms with Gasteiger partial charge in [-0.05, 0) is 25.1 Å². The Kier molecular flexibility index (Phi) is 3.74. The van der Waals surface area contributed by atoms with E-state index in [2.05, 4.69) is 15.0 Å². The van der Waals surface area contributed by atoms with Crippen LogP contribution in [0.4, 0.5) is 13.2 Å². The van der Waals surface area contributed by atoms with E-state index in [1.165, 1.54) is 6.92 Å². The van der Waals surface area contributed by atoms with Crippen molar-refractivity contribution in [1.82, 2.24) is 15.0 Å². The number of nitrogens with zero attached hydrogens (tertiary/aromatic N) is 3. The molecule has 0 aliphatic carbocycles. The van der Waals surface area contributed by atoms with Crippen molar-refractivity contribution in [3.8, 4) is 11.4 Å². The lowest BCUT2D eigenvalue weighted by atomic mass is 9.92. The van der Waals surface area contributed by atoms with Gasteiger partial charge in [0, 0.05) is 28.6 Å². The summed E-state index contributed by atoms with van der Waals surface area (Å²) in [4.78, 5) is 12.0. The normalized spacial score (nSPS) is 12.5. The van der Waals surface area contributed by atoms with Gasteiger partial charge in [-0.3, -0.25) is 0 Å². The molecule has 0 aliphatic rings. The Morgan fingerprint density at radius 2 is 1.62 bits per heavy atom. The van der Waals surface area contributed by atoms with E-state index in [9.17, 15) is 13.2 Å². The van der Waals surface area contributed by atoms with Gasteiger partial charge in [-0.2, -0.15) is 13.2 Å². The Bertz CT molecular complexity index is 658. The van der Waals surface area contributed by atoms with E-state index in [1.807, 2.05) is 20.8 Å². The average molecular weight is 295 g/mol. The van der Waals surface area contributed by atoms with Gasteiger partial charge in [0.25, 0.3) is 0 Å². The fourth-order valence-electron chi connectivity index (χ4n) is 1.86. The van der Waals surface area contributed by atoms with E-state index < -0.39 is 11.9 Å². The molecular formula is C15H16F3N3. The van der Waals surface area contributed by atoms with Crippen LogP contribution in [0.25, 0.3) is 11.4 Å². The van der Waals surface area contributed by atoms with Crippen LogP contribution >= 0.6 is 0 Å². The summed E-state index contributed by atoms with van der Waals surface area (Å²) < 4.78 is 38.5. The van der Waals surface area contributed by atoms with Crippen molar-refractivity contribution in [3.05, 3.63) is 41.5 Å². The summed E-state index contributed by atoms with van der Waals surface area (Å²) in [6, 6.07) is 4.30. The molecule has 0 aromatic carbocycles. The van der Waals surface area contributed by atoms with Gasteiger partial charge < -0.3 is 0 Å². The van der Waals surface area contributed by atoms with Gasteiger partial charge in [-0.15, -0.1) is 0 Å². The molecule has 0 aliphatic heterocycles. The molecule has 3 nitrogen and oxygen atoms in total. The first kappa shape index (κ1) is 15.4. The van der Waals surface area contributed by atoms with E-state index in [0.717, 1.165) is 11.8 Å². The molecule has 0 radical (unpaired) electrons. The summed E-state index contributed by atoms with van der Waals surface area (Å²) in [5, 5.41) is 0. The molecule has 0 saturated heterocycles. The summed E-state index contributed by atoms with van der Waals surface area (Å²) in [6.07, 6.45) is -2.92. The van der Waals surface area contributed by atoms with Crippen molar-refractivity contribution >= 4 is 0 Å². The van der Waals surface area contributed by atoms with E-state index >= 15 is 0 Å². The molecule has 2 rings (SSSR count).